The summed E-state index contributed by atoms with van der Waals surface area (Å²) in [7, 11) is 1.71. The highest BCUT2D eigenvalue weighted by atomic mass is 16.5. The number of nitrogens with zero attached hydrogens (tertiary/aromatic N) is 2. The van der Waals surface area contributed by atoms with Crippen LogP contribution in [0.2, 0.25) is 0 Å². The lowest BCUT2D eigenvalue weighted by Gasteiger charge is -2.32. The first-order chi connectivity index (χ1) is 17.4. The zero-order valence-corrected chi connectivity index (χ0v) is 21.8. The van der Waals surface area contributed by atoms with Gasteiger partial charge < -0.3 is 14.2 Å². The first-order valence-corrected chi connectivity index (χ1v) is 12.9. The third-order valence-corrected chi connectivity index (χ3v) is 7.44. The van der Waals surface area contributed by atoms with Gasteiger partial charge in [0.1, 0.15) is 6.61 Å². The Morgan fingerprint density at radius 1 is 0.944 bits per heavy atom. The summed E-state index contributed by atoms with van der Waals surface area (Å²) in [4.78, 5) is 8.96. The Labute approximate surface area is 214 Å². The molecule has 1 aliphatic carbocycles. The normalized spacial score (nSPS) is 18.8. The van der Waals surface area contributed by atoms with Crippen molar-refractivity contribution in [1.29, 1.82) is 0 Å². The van der Waals surface area contributed by atoms with Crippen LogP contribution in [0.25, 0.3) is 0 Å². The van der Waals surface area contributed by atoms with Gasteiger partial charge in [0.05, 0.1) is 18.8 Å². The van der Waals surface area contributed by atoms with Gasteiger partial charge in [-0.2, -0.15) is 0 Å². The summed E-state index contributed by atoms with van der Waals surface area (Å²) in [6.07, 6.45) is 9.47. The molecule has 5 nitrogen and oxygen atoms in total. The van der Waals surface area contributed by atoms with Crippen LogP contribution in [0.3, 0.4) is 0 Å². The second-order valence-corrected chi connectivity index (χ2v) is 10.8. The Morgan fingerprint density at radius 2 is 1.64 bits per heavy atom. The van der Waals surface area contributed by atoms with Crippen molar-refractivity contribution in [2.24, 2.45) is 4.99 Å². The van der Waals surface area contributed by atoms with Crippen molar-refractivity contribution in [2.75, 3.05) is 13.7 Å². The number of benzene rings is 2. The van der Waals surface area contributed by atoms with Crippen LogP contribution in [0.4, 0.5) is 0 Å². The summed E-state index contributed by atoms with van der Waals surface area (Å²) >= 11 is 0. The highest BCUT2D eigenvalue weighted by Crippen LogP contribution is 2.41. The van der Waals surface area contributed by atoms with Crippen LogP contribution >= 0.6 is 0 Å². The average molecular weight is 485 g/mol. The largest absolute Gasteiger partial charge is 0.493 e. The second kappa shape index (κ2) is 9.96. The Morgan fingerprint density at radius 3 is 2.28 bits per heavy atom. The van der Waals surface area contributed by atoms with Crippen LogP contribution in [-0.2, 0) is 16.6 Å². The van der Waals surface area contributed by atoms with Crippen LogP contribution in [0.1, 0.15) is 68.7 Å². The number of rotatable bonds is 8. The molecule has 1 unspecified atom stereocenters. The smallest absolute Gasteiger partial charge is 0.216 e. The fourth-order valence-electron chi connectivity index (χ4n) is 5.29. The molecule has 1 aliphatic heterocycles. The van der Waals surface area contributed by atoms with Crippen LogP contribution in [-0.4, -0.2) is 36.2 Å². The Kier molecular flexibility index (Phi) is 6.74. The molecule has 1 saturated carbocycles. The van der Waals surface area contributed by atoms with Gasteiger partial charge in [0.2, 0.25) is 5.90 Å². The molecule has 188 valence electrons. The third-order valence-electron chi connectivity index (χ3n) is 7.44. The van der Waals surface area contributed by atoms with E-state index in [4.69, 9.17) is 19.2 Å². The molecule has 5 heteroatoms. The minimum Gasteiger partial charge on any atom is -0.493 e. The van der Waals surface area contributed by atoms with Crippen molar-refractivity contribution in [1.82, 2.24) is 4.98 Å². The second-order valence-electron chi connectivity index (χ2n) is 10.8. The van der Waals surface area contributed by atoms with E-state index in [2.05, 4.69) is 74.3 Å². The predicted molar refractivity (Wildman–Crippen MR) is 143 cm³/mol. The minimum absolute atomic E-state index is 0.178. The predicted octanol–water partition coefficient (Wildman–Crippen LogP) is 6.52. The number of aromatic nitrogens is 1. The Balaban J connectivity index is 1.53. The van der Waals surface area contributed by atoms with E-state index in [1.165, 1.54) is 29.5 Å². The Bertz CT molecular complexity index is 1210. The molecule has 0 bridgehead atoms. The summed E-state index contributed by atoms with van der Waals surface area (Å²) < 4.78 is 18.0. The highest BCUT2D eigenvalue weighted by molar-refractivity contribution is 5.95. The zero-order valence-electron chi connectivity index (χ0n) is 21.8. The molecule has 0 amide bonds. The summed E-state index contributed by atoms with van der Waals surface area (Å²) in [6, 6.07) is 19.2. The zero-order chi connectivity index (χ0) is 25.2. The van der Waals surface area contributed by atoms with E-state index >= 15 is 0 Å². The lowest BCUT2D eigenvalue weighted by Crippen LogP contribution is -2.27. The first-order valence-electron chi connectivity index (χ1n) is 12.9. The van der Waals surface area contributed by atoms with Gasteiger partial charge in [-0.05, 0) is 99.0 Å². The van der Waals surface area contributed by atoms with Gasteiger partial charge in [-0.15, -0.1) is 0 Å². The molecule has 0 spiro atoms. The van der Waals surface area contributed by atoms with E-state index in [1.54, 1.807) is 7.11 Å². The molecule has 1 aromatic heterocycles. The van der Waals surface area contributed by atoms with Crippen molar-refractivity contribution >= 4 is 5.90 Å². The van der Waals surface area contributed by atoms with Gasteiger partial charge in [0, 0.05) is 23.4 Å². The first kappa shape index (κ1) is 24.4. The van der Waals surface area contributed by atoms with Crippen molar-refractivity contribution in [3.8, 4) is 11.5 Å². The van der Waals surface area contributed by atoms with Crippen LogP contribution in [0, 0.1) is 0 Å². The molecular formula is C31H36N2O3. The summed E-state index contributed by atoms with van der Waals surface area (Å²) in [5, 5.41) is 0. The monoisotopic (exact) mass is 484 g/mol. The van der Waals surface area contributed by atoms with E-state index in [1.807, 2.05) is 18.5 Å². The molecule has 2 aliphatic rings. The number of pyridine rings is 1. The molecule has 36 heavy (non-hydrogen) atoms. The summed E-state index contributed by atoms with van der Waals surface area (Å²) in [5.74, 6) is 2.33. The van der Waals surface area contributed by atoms with E-state index in [0.29, 0.717) is 6.61 Å². The molecule has 1 fully saturated rings. The fourth-order valence-corrected chi connectivity index (χ4v) is 5.29. The van der Waals surface area contributed by atoms with Gasteiger partial charge in [0.25, 0.3) is 0 Å². The van der Waals surface area contributed by atoms with Gasteiger partial charge in [0.15, 0.2) is 11.5 Å². The molecular weight excluding hydrogens is 448 g/mol. The quantitative estimate of drug-likeness (QED) is 0.365. The van der Waals surface area contributed by atoms with Crippen LogP contribution in [0.15, 0.2) is 72.0 Å². The maximum Gasteiger partial charge on any atom is 0.216 e. The van der Waals surface area contributed by atoms with Crippen LogP contribution in [0.5, 0.6) is 11.5 Å². The van der Waals surface area contributed by atoms with Gasteiger partial charge in [-0.1, -0.05) is 25.1 Å². The minimum atomic E-state index is -0.294. The standard InChI is InChI=1S/C31H36N2O3/c1-30(2)21-35-29(33-30)23-9-11-24(12-10-23)31(3,20-22-15-17-32-18-16-22)25-13-14-27(34-4)28(19-25)36-26-7-5-6-8-26/h9-19,26H,5-8,20-21H2,1-4H3. The number of hydrogen-bond donors (Lipinski definition) is 0. The van der Waals surface area contributed by atoms with Gasteiger partial charge >= 0.3 is 0 Å². The third kappa shape index (κ3) is 5.11. The summed E-state index contributed by atoms with van der Waals surface area (Å²) in [6.45, 7) is 7.10. The molecule has 1 atom stereocenters. The van der Waals surface area contributed by atoms with Crippen LogP contribution < -0.4 is 9.47 Å². The number of ether oxygens (including phenoxy) is 3. The molecule has 3 aromatic rings. The molecule has 2 heterocycles. The average Bonchev–Trinajstić information content (AvgIpc) is 3.53. The molecule has 2 aromatic carbocycles. The summed E-state index contributed by atoms with van der Waals surface area (Å²) in [5.41, 5.74) is 4.18. The molecule has 0 radical (unpaired) electrons. The fraction of sp³-hybridized carbons (Fsp3) is 0.419. The van der Waals surface area contributed by atoms with E-state index in [9.17, 15) is 0 Å². The molecule has 5 rings (SSSR count). The van der Waals surface area contributed by atoms with Crippen molar-refractivity contribution in [3.05, 3.63) is 89.2 Å². The van der Waals surface area contributed by atoms with E-state index in [-0.39, 0.29) is 17.1 Å². The molecule has 0 saturated heterocycles. The topological polar surface area (TPSA) is 52.9 Å². The maximum absolute atomic E-state index is 6.46. The lowest BCUT2D eigenvalue weighted by molar-refractivity contribution is 0.200. The van der Waals surface area contributed by atoms with E-state index < -0.39 is 0 Å². The van der Waals surface area contributed by atoms with Crippen molar-refractivity contribution < 1.29 is 14.2 Å². The Hall–Kier alpha value is -3.34. The van der Waals surface area contributed by atoms with Gasteiger partial charge in [-0.3, -0.25) is 4.98 Å². The number of hydrogen-bond acceptors (Lipinski definition) is 5. The van der Waals surface area contributed by atoms with E-state index in [0.717, 1.165) is 42.2 Å². The van der Waals surface area contributed by atoms with Crippen molar-refractivity contribution in [2.45, 2.75) is 69.9 Å². The highest BCUT2D eigenvalue weighted by Gasteiger charge is 2.32. The number of methoxy groups -OCH3 is 1. The SMILES string of the molecule is COc1ccc(C(C)(Cc2ccncc2)c2ccc(C3=NC(C)(C)CO3)cc2)cc1OC1CCCC1. The van der Waals surface area contributed by atoms with Gasteiger partial charge in [-0.25, -0.2) is 4.99 Å². The maximum atomic E-state index is 6.46. The van der Waals surface area contributed by atoms with Crippen molar-refractivity contribution in [3.63, 3.8) is 0 Å². The lowest BCUT2D eigenvalue weighted by atomic mass is 9.72. The number of aliphatic imine (C=N–C) groups is 1. The molecule has 0 N–H and O–H groups in total.